The molecular formula is C36H49NO14. The zero-order valence-corrected chi connectivity index (χ0v) is 29.6. The number of ether oxygens (including phenoxy) is 9. The van der Waals surface area contributed by atoms with Gasteiger partial charge in [-0.15, -0.1) is 5.92 Å². The Morgan fingerprint density at radius 3 is 2.25 bits per heavy atom. The van der Waals surface area contributed by atoms with E-state index in [1.165, 1.54) is 13.8 Å². The van der Waals surface area contributed by atoms with Crippen molar-refractivity contribution in [2.45, 2.75) is 134 Å². The molecule has 3 saturated heterocycles. The number of fused-ring (bicyclic) bond motifs is 1. The summed E-state index contributed by atoms with van der Waals surface area (Å²) in [4.78, 5) is 48.8. The van der Waals surface area contributed by atoms with Crippen LogP contribution in [0, 0.1) is 11.8 Å². The van der Waals surface area contributed by atoms with E-state index in [0.29, 0.717) is 6.42 Å². The number of nitrogens with one attached hydrogen (secondary N) is 1. The van der Waals surface area contributed by atoms with Crippen molar-refractivity contribution in [3.8, 4) is 11.8 Å². The Morgan fingerprint density at radius 1 is 0.863 bits per heavy atom. The molecule has 1 amide bonds. The molecule has 3 aliphatic rings. The van der Waals surface area contributed by atoms with Crippen LogP contribution in [0.4, 0.5) is 0 Å². The maximum atomic E-state index is 12.5. The summed E-state index contributed by atoms with van der Waals surface area (Å²) in [6, 6.07) is 7.89. The first-order valence-electron chi connectivity index (χ1n) is 17.3. The zero-order chi connectivity index (χ0) is 36.9. The van der Waals surface area contributed by atoms with Crippen molar-refractivity contribution in [2.75, 3.05) is 19.8 Å². The van der Waals surface area contributed by atoms with Gasteiger partial charge in [0.25, 0.3) is 0 Å². The molecule has 0 spiro atoms. The predicted octanol–water partition coefficient (Wildman–Crippen LogP) is 2.22. The number of amides is 1. The number of aliphatic hydroxyl groups is 1. The third kappa shape index (κ3) is 11.7. The standard InChI is InChI=1S/C36H49NO14/c1-6-7-8-9-10-11-15-18-43-36-33(29(42)30-26(49-36)20-45-34(50-30)25-16-13-12-14-17-25)51-35-28(37-21(2)38)32(47-24(5)41)31(46-23(4)40)27(48-35)19-44-22(3)39/h12-14,16-17,26-36,42H,6-10,18-20H2,1-5H3,(H,37,38)/t26-,27-,28-,29+,30-,31-,32-,33-,34-,35+,36-/m1/s1. The van der Waals surface area contributed by atoms with E-state index < -0.39 is 98.1 Å². The molecule has 0 saturated carbocycles. The predicted molar refractivity (Wildman–Crippen MR) is 176 cm³/mol. The number of esters is 3. The van der Waals surface area contributed by atoms with Gasteiger partial charge in [0.05, 0.1) is 6.61 Å². The van der Waals surface area contributed by atoms with Gasteiger partial charge in [0.2, 0.25) is 5.91 Å². The molecule has 282 valence electrons. The maximum absolute atomic E-state index is 12.5. The minimum Gasteiger partial charge on any atom is -0.463 e. The van der Waals surface area contributed by atoms with E-state index >= 15 is 0 Å². The van der Waals surface area contributed by atoms with Crippen molar-refractivity contribution in [3.05, 3.63) is 35.9 Å². The molecule has 11 atom stereocenters. The summed E-state index contributed by atoms with van der Waals surface area (Å²) >= 11 is 0. The van der Waals surface area contributed by atoms with E-state index in [1.54, 1.807) is 0 Å². The fraction of sp³-hybridized carbons (Fsp3) is 0.667. The Labute approximate surface area is 297 Å². The van der Waals surface area contributed by atoms with Crippen LogP contribution < -0.4 is 5.32 Å². The molecule has 0 aromatic heterocycles. The van der Waals surface area contributed by atoms with Crippen molar-refractivity contribution >= 4 is 23.8 Å². The van der Waals surface area contributed by atoms with Gasteiger partial charge >= 0.3 is 17.9 Å². The van der Waals surface area contributed by atoms with Gasteiger partial charge in [-0.05, 0) is 6.42 Å². The second-order valence-corrected chi connectivity index (χ2v) is 12.5. The van der Waals surface area contributed by atoms with Crippen LogP contribution in [0.2, 0.25) is 0 Å². The topological polar surface area (TPSA) is 184 Å². The first-order chi connectivity index (χ1) is 24.5. The van der Waals surface area contributed by atoms with E-state index in [1.807, 2.05) is 30.3 Å². The molecule has 2 N–H and O–H groups in total. The molecule has 15 nitrogen and oxygen atoms in total. The van der Waals surface area contributed by atoms with Crippen molar-refractivity contribution < 1.29 is 66.9 Å². The summed E-state index contributed by atoms with van der Waals surface area (Å²) in [6.07, 6.45) is -6.94. The lowest BCUT2D eigenvalue weighted by Crippen LogP contribution is -2.69. The molecule has 0 bridgehead atoms. The second-order valence-electron chi connectivity index (χ2n) is 12.5. The van der Waals surface area contributed by atoms with Crippen LogP contribution >= 0.6 is 0 Å². The van der Waals surface area contributed by atoms with Gasteiger partial charge in [-0.2, -0.15) is 0 Å². The third-order valence-electron chi connectivity index (χ3n) is 8.34. The molecule has 51 heavy (non-hydrogen) atoms. The largest absolute Gasteiger partial charge is 0.463 e. The molecule has 1 aromatic carbocycles. The average molecular weight is 720 g/mol. The smallest absolute Gasteiger partial charge is 0.303 e. The highest BCUT2D eigenvalue weighted by molar-refractivity contribution is 5.73. The van der Waals surface area contributed by atoms with Crippen molar-refractivity contribution in [2.24, 2.45) is 0 Å². The average Bonchev–Trinajstić information content (AvgIpc) is 3.08. The van der Waals surface area contributed by atoms with Crippen molar-refractivity contribution in [3.63, 3.8) is 0 Å². The normalized spacial score (nSPS) is 31.6. The molecule has 0 aliphatic carbocycles. The summed E-state index contributed by atoms with van der Waals surface area (Å²) < 4.78 is 53.3. The Hall–Kier alpha value is -3.62. The molecule has 15 heteroatoms. The highest BCUT2D eigenvalue weighted by Crippen LogP contribution is 2.37. The number of unbranched alkanes of at least 4 members (excludes halogenated alkanes) is 4. The Bertz CT molecular complexity index is 1360. The molecule has 1 aromatic rings. The zero-order valence-electron chi connectivity index (χ0n) is 29.6. The van der Waals surface area contributed by atoms with Crippen LogP contribution in [0.15, 0.2) is 30.3 Å². The molecule has 3 aliphatic heterocycles. The summed E-state index contributed by atoms with van der Waals surface area (Å²) in [5, 5.41) is 14.5. The molecule has 0 unspecified atom stereocenters. The van der Waals surface area contributed by atoms with Gasteiger partial charge in [-0.25, -0.2) is 0 Å². The number of hydrogen-bond donors (Lipinski definition) is 2. The van der Waals surface area contributed by atoms with Gasteiger partial charge in [-0.3, -0.25) is 19.2 Å². The van der Waals surface area contributed by atoms with E-state index in [4.69, 9.17) is 42.6 Å². The van der Waals surface area contributed by atoms with Crippen LogP contribution in [0.1, 0.15) is 78.6 Å². The van der Waals surface area contributed by atoms with Gasteiger partial charge in [0, 0.05) is 39.7 Å². The van der Waals surface area contributed by atoms with Gasteiger partial charge in [-0.1, -0.05) is 62.4 Å². The van der Waals surface area contributed by atoms with Gasteiger partial charge in [0.15, 0.2) is 31.1 Å². The minimum atomic E-state index is -1.49. The quantitative estimate of drug-likeness (QED) is 0.124. The monoisotopic (exact) mass is 719 g/mol. The van der Waals surface area contributed by atoms with Crippen LogP contribution in [-0.4, -0.2) is 110 Å². The van der Waals surface area contributed by atoms with E-state index in [2.05, 4.69) is 24.1 Å². The number of aliphatic hydroxyl groups excluding tert-OH is 1. The lowest BCUT2D eigenvalue weighted by molar-refractivity contribution is -0.386. The number of carbonyl (C=O) groups excluding carboxylic acids is 4. The summed E-state index contributed by atoms with van der Waals surface area (Å²) in [5.74, 6) is 3.34. The number of benzene rings is 1. The molecule has 4 rings (SSSR count). The first kappa shape index (κ1) is 40.2. The van der Waals surface area contributed by atoms with Crippen molar-refractivity contribution in [1.82, 2.24) is 5.32 Å². The number of carbonyl (C=O) groups is 4. The lowest BCUT2D eigenvalue weighted by atomic mass is 9.94. The highest BCUT2D eigenvalue weighted by Gasteiger charge is 2.56. The van der Waals surface area contributed by atoms with E-state index in [9.17, 15) is 24.3 Å². The highest BCUT2D eigenvalue weighted by atomic mass is 16.8. The fourth-order valence-corrected chi connectivity index (χ4v) is 6.09. The summed E-state index contributed by atoms with van der Waals surface area (Å²) in [7, 11) is 0. The molecule has 3 fully saturated rings. The first-order valence-corrected chi connectivity index (χ1v) is 17.3. The number of rotatable bonds is 14. The third-order valence-corrected chi connectivity index (χ3v) is 8.34. The van der Waals surface area contributed by atoms with Crippen LogP contribution in [0.25, 0.3) is 0 Å². The summed E-state index contributed by atoms with van der Waals surface area (Å²) in [5.41, 5.74) is 0.726. The number of hydrogen-bond acceptors (Lipinski definition) is 14. The van der Waals surface area contributed by atoms with E-state index in [0.717, 1.165) is 45.1 Å². The van der Waals surface area contributed by atoms with Gasteiger partial charge < -0.3 is 53.1 Å². The SMILES string of the molecule is CCCCCCC#CCO[C@@H]1O[C@@H]2CO[C@@H](c3ccccc3)O[C@H]2[C@H](O)[C@H]1O[C@@H]1O[C@H](COC(C)=O)[C@@H](OC(C)=O)[C@H](OC(C)=O)[C@H]1NC(C)=O. The maximum Gasteiger partial charge on any atom is 0.303 e. The summed E-state index contributed by atoms with van der Waals surface area (Å²) in [6.45, 7) is 6.40. The van der Waals surface area contributed by atoms with Crippen molar-refractivity contribution in [1.29, 1.82) is 0 Å². The minimum absolute atomic E-state index is 0.0584. The Morgan fingerprint density at radius 2 is 1.59 bits per heavy atom. The fourth-order valence-electron chi connectivity index (χ4n) is 6.09. The molecule has 0 radical (unpaired) electrons. The van der Waals surface area contributed by atoms with Crippen LogP contribution in [0.3, 0.4) is 0 Å². The van der Waals surface area contributed by atoms with Crippen LogP contribution in [0.5, 0.6) is 0 Å². The van der Waals surface area contributed by atoms with Gasteiger partial charge in [0.1, 0.15) is 49.8 Å². The molecular weight excluding hydrogens is 670 g/mol. The Kier molecular flexibility index (Phi) is 15.6. The second kappa shape index (κ2) is 19.8. The van der Waals surface area contributed by atoms with E-state index in [-0.39, 0.29) is 13.2 Å². The lowest BCUT2D eigenvalue weighted by Gasteiger charge is -2.50. The Balaban J connectivity index is 1.64. The van der Waals surface area contributed by atoms with Crippen LogP contribution in [-0.2, 0) is 61.8 Å². The molecule has 3 heterocycles.